The van der Waals surface area contributed by atoms with Crippen LogP contribution in [0.15, 0.2) is 36.4 Å². The standard InChI is InChI=1S/C25H29Cl2F2N5O2/c1-5-25(30-2)14-31-12-13-33(25)23(35)16-8-6-15(7-9-16)21-22(32(3)24(26)34(21)27)17-10-11-18(36-4)20(29)19(17)28/h6-11,24,30-31H,5,12-14H2,1-4H3. The van der Waals surface area contributed by atoms with Crippen LogP contribution in [0.5, 0.6) is 5.75 Å². The van der Waals surface area contributed by atoms with Gasteiger partial charge in [-0.2, -0.15) is 4.39 Å². The number of amides is 1. The summed E-state index contributed by atoms with van der Waals surface area (Å²) in [7, 11) is 4.76. The van der Waals surface area contributed by atoms with Crippen molar-refractivity contribution < 1.29 is 18.3 Å². The zero-order valence-corrected chi connectivity index (χ0v) is 22.1. The van der Waals surface area contributed by atoms with Crippen molar-refractivity contribution in [3.8, 4) is 5.75 Å². The molecule has 0 saturated carbocycles. The molecule has 194 valence electrons. The third kappa shape index (κ3) is 4.28. The van der Waals surface area contributed by atoms with E-state index in [9.17, 15) is 9.18 Å². The molecule has 0 bridgehead atoms. The molecule has 2 aromatic carbocycles. The highest BCUT2D eigenvalue weighted by Crippen LogP contribution is 2.44. The van der Waals surface area contributed by atoms with Crippen molar-refractivity contribution >= 4 is 40.7 Å². The Morgan fingerprint density at radius 1 is 1.19 bits per heavy atom. The zero-order valence-electron chi connectivity index (χ0n) is 20.5. The van der Waals surface area contributed by atoms with Gasteiger partial charge in [-0.25, -0.2) is 8.81 Å². The van der Waals surface area contributed by atoms with Crippen LogP contribution in [0.25, 0.3) is 11.4 Å². The second kappa shape index (κ2) is 10.4. The number of rotatable bonds is 6. The van der Waals surface area contributed by atoms with Gasteiger partial charge in [0.15, 0.2) is 17.2 Å². The van der Waals surface area contributed by atoms with Gasteiger partial charge in [0.25, 0.3) is 5.91 Å². The number of hydrogen-bond acceptors (Lipinski definition) is 6. The molecular weight excluding hydrogens is 511 g/mol. The molecular formula is C25H29Cl2F2N5O2. The number of carbonyl (C=O) groups excluding carboxylic acids is 1. The van der Waals surface area contributed by atoms with E-state index in [1.807, 2.05) is 18.9 Å². The minimum absolute atomic E-state index is 0.0117. The summed E-state index contributed by atoms with van der Waals surface area (Å²) in [6.07, 6.45) is 0.741. The van der Waals surface area contributed by atoms with Gasteiger partial charge in [0.1, 0.15) is 5.66 Å². The van der Waals surface area contributed by atoms with Crippen LogP contribution in [-0.2, 0) is 0 Å². The average Bonchev–Trinajstić information content (AvgIpc) is 3.13. The first kappa shape index (κ1) is 26.5. The van der Waals surface area contributed by atoms with Gasteiger partial charge in [0.05, 0.1) is 18.5 Å². The van der Waals surface area contributed by atoms with E-state index in [4.69, 9.17) is 28.1 Å². The second-order valence-electron chi connectivity index (χ2n) is 8.72. The van der Waals surface area contributed by atoms with E-state index in [-0.39, 0.29) is 17.2 Å². The lowest BCUT2D eigenvalue weighted by Crippen LogP contribution is -2.68. The molecule has 0 aliphatic carbocycles. The summed E-state index contributed by atoms with van der Waals surface area (Å²) in [5, 5.41) is 6.64. The van der Waals surface area contributed by atoms with Crippen LogP contribution in [0.2, 0.25) is 0 Å². The minimum atomic E-state index is -1.10. The van der Waals surface area contributed by atoms with E-state index in [2.05, 4.69) is 10.6 Å². The van der Waals surface area contributed by atoms with Crippen molar-refractivity contribution in [2.75, 3.05) is 40.8 Å². The highest BCUT2D eigenvalue weighted by molar-refractivity contribution is 6.29. The summed E-state index contributed by atoms with van der Waals surface area (Å²) < 4.78 is 35.7. The first-order valence-corrected chi connectivity index (χ1v) is 12.4. The van der Waals surface area contributed by atoms with Crippen molar-refractivity contribution in [2.45, 2.75) is 24.6 Å². The lowest BCUT2D eigenvalue weighted by molar-refractivity contribution is 0.0248. The number of nitrogens with zero attached hydrogens (tertiary/aromatic N) is 3. The predicted octanol–water partition coefficient (Wildman–Crippen LogP) is 4.09. The number of hydrogen-bond donors (Lipinski definition) is 2. The van der Waals surface area contributed by atoms with Crippen molar-refractivity contribution in [2.24, 2.45) is 0 Å². The van der Waals surface area contributed by atoms with Crippen LogP contribution < -0.4 is 15.4 Å². The molecule has 11 heteroatoms. The topological polar surface area (TPSA) is 60.1 Å². The molecule has 0 radical (unpaired) electrons. The van der Waals surface area contributed by atoms with Crippen molar-refractivity contribution in [3.05, 3.63) is 64.7 Å². The quantitative estimate of drug-likeness (QED) is 0.327. The summed E-state index contributed by atoms with van der Waals surface area (Å²) in [5.74, 6) is -2.48. The Kier molecular flexibility index (Phi) is 7.66. The minimum Gasteiger partial charge on any atom is -0.494 e. The van der Waals surface area contributed by atoms with Gasteiger partial charge in [0, 0.05) is 55.1 Å². The molecule has 1 saturated heterocycles. The Labute approximate surface area is 219 Å². The maximum absolute atomic E-state index is 15.1. The van der Waals surface area contributed by atoms with Gasteiger partial charge < -0.3 is 19.9 Å². The number of alkyl halides is 1. The molecule has 1 fully saturated rings. The average molecular weight is 540 g/mol. The van der Waals surface area contributed by atoms with Crippen molar-refractivity contribution in [3.63, 3.8) is 0 Å². The molecule has 4 rings (SSSR count). The third-order valence-electron chi connectivity index (χ3n) is 6.97. The first-order valence-electron chi connectivity index (χ1n) is 11.6. The fraction of sp³-hybridized carbons (Fsp3) is 0.400. The highest BCUT2D eigenvalue weighted by atomic mass is 35.5. The first-order chi connectivity index (χ1) is 17.2. The molecule has 7 nitrogen and oxygen atoms in total. The number of halogens is 4. The zero-order chi connectivity index (χ0) is 26.2. The summed E-state index contributed by atoms with van der Waals surface area (Å²) in [4.78, 5) is 16.8. The van der Waals surface area contributed by atoms with Crippen LogP contribution in [0.1, 0.15) is 34.8 Å². The van der Waals surface area contributed by atoms with Gasteiger partial charge >= 0.3 is 0 Å². The van der Waals surface area contributed by atoms with E-state index in [1.165, 1.54) is 23.7 Å². The Morgan fingerprint density at radius 2 is 1.89 bits per heavy atom. The smallest absolute Gasteiger partial charge is 0.255 e. The number of likely N-dealkylation sites (N-methyl/N-ethyl adjacent to an activating group) is 1. The summed E-state index contributed by atoms with van der Waals surface area (Å²) in [6.45, 7) is 3.96. The molecule has 0 aromatic heterocycles. The molecule has 2 N–H and O–H groups in total. The Balaban J connectivity index is 1.74. The van der Waals surface area contributed by atoms with Crippen LogP contribution >= 0.6 is 23.4 Å². The SMILES string of the molecule is CCC1(NC)CNCCN1C(=O)c1ccc(C2=C(c3ccc(OC)c(F)c3F)N(C)C(Cl)N2Cl)cc1. The lowest BCUT2D eigenvalue weighted by atomic mass is 9.99. The maximum Gasteiger partial charge on any atom is 0.255 e. The Morgan fingerprint density at radius 3 is 2.50 bits per heavy atom. The van der Waals surface area contributed by atoms with Gasteiger partial charge in [-0.3, -0.25) is 10.1 Å². The molecule has 36 heavy (non-hydrogen) atoms. The largest absolute Gasteiger partial charge is 0.494 e. The monoisotopic (exact) mass is 539 g/mol. The number of ether oxygens (including phenoxy) is 1. The van der Waals surface area contributed by atoms with Crippen LogP contribution in [0, 0.1) is 11.6 Å². The van der Waals surface area contributed by atoms with E-state index in [1.54, 1.807) is 36.2 Å². The van der Waals surface area contributed by atoms with Gasteiger partial charge in [0.2, 0.25) is 5.82 Å². The van der Waals surface area contributed by atoms with Crippen LogP contribution in [0.3, 0.4) is 0 Å². The van der Waals surface area contributed by atoms with E-state index >= 15 is 4.39 Å². The van der Waals surface area contributed by atoms with Crippen molar-refractivity contribution in [1.29, 1.82) is 0 Å². The lowest BCUT2D eigenvalue weighted by Gasteiger charge is -2.47. The highest BCUT2D eigenvalue weighted by Gasteiger charge is 2.40. The molecule has 2 unspecified atom stereocenters. The predicted molar refractivity (Wildman–Crippen MR) is 137 cm³/mol. The number of piperazine rings is 1. The van der Waals surface area contributed by atoms with Crippen LogP contribution in [-0.4, -0.2) is 72.3 Å². The Hall–Kier alpha value is -2.59. The van der Waals surface area contributed by atoms with E-state index < -0.39 is 22.9 Å². The summed E-state index contributed by atoms with van der Waals surface area (Å²) >= 11 is 13.0. The van der Waals surface area contributed by atoms with Crippen molar-refractivity contribution in [1.82, 2.24) is 24.9 Å². The number of benzene rings is 2. The normalized spacial score (nSPS) is 22.4. The molecule has 0 spiro atoms. The number of methoxy groups -OCH3 is 1. The fourth-order valence-electron chi connectivity index (χ4n) is 4.82. The molecule has 1 amide bonds. The molecule has 2 atom stereocenters. The maximum atomic E-state index is 15.1. The number of carbonyl (C=O) groups is 1. The Bertz CT molecular complexity index is 1170. The van der Waals surface area contributed by atoms with E-state index in [0.29, 0.717) is 42.2 Å². The van der Waals surface area contributed by atoms with Gasteiger partial charge in [-0.05, 0) is 37.7 Å². The van der Waals surface area contributed by atoms with Gasteiger partial charge in [-0.1, -0.05) is 30.7 Å². The molecule has 2 aliphatic heterocycles. The van der Waals surface area contributed by atoms with Gasteiger partial charge in [-0.15, -0.1) is 0 Å². The fourth-order valence-corrected chi connectivity index (χ4v) is 5.32. The molecule has 2 heterocycles. The molecule has 2 aromatic rings. The number of nitrogens with one attached hydrogen (secondary N) is 2. The third-order valence-corrected chi connectivity index (χ3v) is 7.91. The van der Waals surface area contributed by atoms with E-state index in [0.717, 1.165) is 6.42 Å². The molecule has 2 aliphatic rings. The summed E-state index contributed by atoms with van der Waals surface area (Å²) in [6, 6.07) is 9.65. The second-order valence-corrected chi connectivity index (χ2v) is 9.47. The summed E-state index contributed by atoms with van der Waals surface area (Å²) in [5.41, 5.74) is 0.469. The van der Waals surface area contributed by atoms with Crippen LogP contribution in [0.4, 0.5) is 8.78 Å².